The van der Waals surface area contributed by atoms with Gasteiger partial charge in [0.05, 0.1) is 6.61 Å². The number of hydrogen-bond donors (Lipinski definition) is 2. The van der Waals surface area contributed by atoms with Gasteiger partial charge in [-0.2, -0.15) is 0 Å². The maximum atomic E-state index is 8.97. The van der Waals surface area contributed by atoms with E-state index >= 15 is 0 Å². The van der Waals surface area contributed by atoms with Crippen LogP contribution in [0.4, 0.5) is 11.4 Å². The summed E-state index contributed by atoms with van der Waals surface area (Å²) in [6, 6.07) is 8.41. The van der Waals surface area contributed by atoms with Crippen LogP contribution in [0.1, 0.15) is 26.7 Å². The number of aliphatic hydroxyl groups is 1. The minimum atomic E-state index is 0.199. The molecule has 1 rings (SSSR count). The SMILES string of the molecule is CCCCNc1ccc(N(CC)CCO)cc1. The van der Waals surface area contributed by atoms with Crippen LogP contribution in [-0.2, 0) is 0 Å². The summed E-state index contributed by atoms with van der Waals surface area (Å²) in [6.07, 6.45) is 2.42. The molecule has 0 radical (unpaired) electrons. The molecule has 0 atom stereocenters. The van der Waals surface area contributed by atoms with Crippen molar-refractivity contribution >= 4 is 11.4 Å². The Bertz CT molecular complexity index is 298. The van der Waals surface area contributed by atoms with Crippen molar-refractivity contribution in [1.82, 2.24) is 0 Å². The molecule has 0 aromatic heterocycles. The van der Waals surface area contributed by atoms with E-state index in [2.05, 4.69) is 48.3 Å². The largest absolute Gasteiger partial charge is 0.395 e. The lowest BCUT2D eigenvalue weighted by Gasteiger charge is -2.22. The summed E-state index contributed by atoms with van der Waals surface area (Å²) in [7, 11) is 0. The van der Waals surface area contributed by atoms with E-state index in [4.69, 9.17) is 5.11 Å². The van der Waals surface area contributed by atoms with Gasteiger partial charge in [0.1, 0.15) is 0 Å². The van der Waals surface area contributed by atoms with Crippen molar-refractivity contribution in [2.75, 3.05) is 36.5 Å². The lowest BCUT2D eigenvalue weighted by atomic mass is 10.2. The summed E-state index contributed by atoms with van der Waals surface area (Å²) < 4.78 is 0. The fourth-order valence-electron chi connectivity index (χ4n) is 1.79. The van der Waals surface area contributed by atoms with E-state index in [0.717, 1.165) is 13.1 Å². The van der Waals surface area contributed by atoms with Crippen LogP contribution in [0.3, 0.4) is 0 Å². The molecule has 17 heavy (non-hydrogen) atoms. The number of nitrogens with one attached hydrogen (secondary N) is 1. The van der Waals surface area contributed by atoms with Crippen molar-refractivity contribution in [3.63, 3.8) is 0 Å². The van der Waals surface area contributed by atoms with E-state index in [1.54, 1.807) is 0 Å². The highest BCUT2D eigenvalue weighted by atomic mass is 16.3. The molecular formula is C14H24N2O. The number of unbranched alkanes of at least 4 members (excludes halogenated alkanes) is 1. The summed E-state index contributed by atoms with van der Waals surface area (Å²) in [6.45, 7) is 7.14. The molecule has 0 heterocycles. The van der Waals surface area contributed by atoms with Gasteiger partial charge in [0.25, 0.3) is 0 Å². The lowest BCUT2D eigenvalue weighted by molar-refractivity contribution is 0.302. The molecule has 0 bridgehead atoms. The van der Waals surface area contributed by atoms with Crippen molar-refractivity contribution in [3.8, 4) is 0 Å². The molecule has 0 unspecified atom stereocenters. The summed E-state index contributed by atoms with van der Waals surface area (Å²) >= 11 is 0. The monoisotopic (exact) mass is 236 g/mol. The zero-order chi connectivity index (χ0) is 12.5. The Labute approximate surface area is 104 Å². The van der Waals surface area contributed by atoms with E-state index in [-0.39, 0.29) is 6.61 Å². The van der Waals surface area contributed by atoms with Gasteiger partial charge in [-0.3, -0.25) is 0 Å². The van der Waals surface area contributed by atoms with Crippen molar-refractivity contribution in [1.29, 1.82) is 0 Å². The predicted molar refractivity (Wildman–Crippen MR) is 74.8 cm³/mol. The summed E-state index contributed by atoms with van der Waals surface area (Å²) in [4.78, 5) is 2.16. The van der Waals surface area contributed by atoms with Crippen molar-refractivity contribution in [2.24, 2.45) is 0 Å². The van der Waals surface area contributed by atoms with Gasteiger partial charge < -0.3 is 15.3 Å². The molecule has 2 N–H and O–H groups in total. The van der Waals surface area contributed by atoms with Crippen molar-refractivity contribution < 1.29 is 5.11 Å². The predicted octanol–water partition coefficient (Wildman–Crippen LogP) is 2.72. The Morgan fingerprint density at radius 3 is 2.41 bits per heavy atom. The normalized spacial score (nSPS) is 10.3. The zero-order valence-corrected chi connectivity index (χ0v) is 10.9. The second kappa shape index (κ2) is 7.96. The van der Waals surface area contributed by atoms with Gasteiger partial charge in [0, 0.05) is 31.0 Å². The Morgan fingerprint density at radius 2 is 1.88 bits per heavy atom. The first-order valence-corrected chi connectivity index (χ1v) is 6.51. The molecule has 3 heteroatoms. The first kappa shape index (κ1) is 13.8. The molecule has 1 aromatic rings. The average Bonchev–Trinajstić information content (AvgIpc) is 2.37. The molecular weight excluding hydrogens is 212 g/mol. The second-order valence-corrected chi connectivity index (χ2v) is 4.13. The van der Waals surface area contributed by atoms with Crippen molar-refractivity contribution in [3.05, 3.63) is 24.3 Å². The van der Waals surface area contributed by atoms with Gasteiger partial charge in [0.2, 0.25) is 0 Å². The number of rotatable bonds is 8. The fourth-order valence-corrected chi connectivity index (χ4v) is 1.79. The number of aliphatic hydroxyl groups excluding tert-OH is 1. The molecule has 0 amide bonds. The maximum absolute atomic E-state index is 8.97. The molecule has 0 saturated carbocycles. The van der Waals surface area contributed by atoms with E-state index < -0.39 is 0 Å². The number of benzene rings is 1. The van der Waals surface area contributed by atoms with Crippen LogP contribution in [0.2, 0.25) is 0 Å². The van der Waals surface area contributed by atoms with Gasteiger partial charge in [-0.05, 0) is 37.6 Å². The third-order valence-corrected chi connectivity index (χ3v) is 2.84. The molecule has 0 aliphatic carbocycles. The summed E-state index contributed by atoms with van der Waals surface area (Å²) in [5.41, 5.74) is 2.34. The van der Waals surface area contributed by atoms with E-state index in [1.807, 2.05) is 0 Å². The Morgan fingerprint density at radius 1 is 1.18 bits per heavy atom. The molecule has 0 fully saturated rings. The van der Waals surface area contributed by atoms with E-state index in [0.29, 0.717) is 6.54 Å². The molecule has 3 nitrogen and oxygen atoms in total. The van der Waals surface area contributed by atoms with Crippen LogP contribution >= 0.6 is 0 Å². The Hall–Kier alpha value is -1.22. The number of nitrogens with zero attached hydrogens (tertiary/aromatic N) is 1. The maximum Gasteiger partial charge on any atom is 0.0606 e. The van der Waals surface area contributed by atoms with Crippen LogP contribution in [0.25, 0.3) is 0 Å². The molecule has 1 aromatic carbocycles. The van der Waals surface area contributed by atoms with E-state index in [1.165, 1.54) is 24.2 Å². The van der Waals surface area contributed by atoms with Crippen LogP contribution in [0.15, 0.2) is 24.3 Å². The molecule has 0 aliphatic rings. The Balaban J connectivity index is 2.53. The highest BCUT2D eigenvalue weighted by molar-refractivity contribution is 5.55. The third kappa shape index (κ3) is 4.65. The second-order valence-electron chi connectivity index (χ2n) is 4.13. The minimum Gasteiger partial charge on any atom is -0.395 e. The molecule has 96 valence electrons. The Kier molecular flexibility index (Phi) is 6.48. The highest BCUT2D eigenvalue weighted by Gasteiger charge is 2.02. The number of anilines is 2. The van der Waals surface area contributed by atoms with Crippen LogP contribution < -0.4 is 10.2 Å². The summed E-state index contributed by atoms with van der Waals surface area (Å²) in [5, 5.41) is 12.4. The molecule has 0 saturated heterocycles. The van der Waals surface area contributed by atoms with Gasteiger partial charge in [-0.1, -0.05) is 13.3 Å². The smallest absolute Gasteiger partial charge is 0.0606 e. The van der Waals surface area contributed by atoms with Crippen LogP contribution in [0.5, 0.6) is 0 Å². The topological polar surface area (TPSA) is 35.5 Å². The first-order valence-electron chi connectivity index (χ1n) is 6.51. The third-order valence-electron chi connectivity index (χ3n) is 2.84. The van der Waals surface area contributed by atoms with Crippen LogP contribution in [0, 0.1) is 0 Å². The zero-order valence-electron chi connectivity index (χ0n) is 10.9. The minimum absolute atomic E-state index is 0.199. The van der Waals surface area contributed by atoms with Crippen molar-refractivity contribution in [2.45, 2.75) is 26.7 Å². The lowest BCUT2D eigenvalue weighted by Crippen LogP contribution is -2.25. The molecule has 0 aliphatic heterocycles. The van der Waals surface area contributed by atoms with Gasteiger partial charge >= 0.3 is 0 Å². The number of likely N-dealkylation sites (N-methyl/N-ethyl adjacent to an activating group) is 1. The first-order chi connectivity index (χ1) is 8.31. The highest BCUT2D eigenvalue weighted by Crippen LogP contribution is 2.17. The summed E-state index contributed by atoms with van der Waals surface area (Å²) in [5.74, 6) is 0. The van der Waals surface area contributed by atoms with Crippen LogP contribution in [-0.4, -0.2) is 31.3 Å². The number of hydrogen-bond acceptors (Lipinski definition) is 3. The van der Waals surface area contributed by atoms with Gasteiger partial charge in [-0.15, -0.1) is 0 Å². The fraction of sp³-hybridized carbons (Fsp3) is 0.571. The van der Waals surface area contributed by atoms with E-state index in [9.17, 15) is 0 Å². The standard InChI is InChI=1S/C14H24N2O/c1-3-5-10-15-13-6-8-14(9-7-13)16(4-2)11-12-17/h6-9,15,17H,3-5,10-12H2,1-2H3. The average molecular weight is 236 g/mol. The molecule has 0 spiro atoms. The van der Waals surface area contributed by atoms with Gasteiger partial charge in [0.15, 0.2) is 0 Å². The van der Waals surface area contributed by atoms with Gasteiger partial charge in [-0.25, -0.2) is 0 Å². The quantitative estimate of drug-likeness (QED) is 0.681.